The Kier molecular flexibility index (Phi) is 1.84. The molecule has 0 aliphatic heterocycles. The zero-order chi connectivity index (χ0) is 13.6. The van der Waals surface area contributed by atoms with Crippen molar-refractivity contribution in [2.45, 2.75) is 38.3 Å². The van der Waals surface area contributed by atoms with Gasteiger partial charge in [-0.25, -0.2) is 0 Å². The van der Waals surface area contributed by atoms with Crippen molar-refractivity contribution in [1.29, 1.82) is 0 Å². The van der Waals surface area contributed by atoms with E-state index >= 15 is 0 Å². The average molecular weight is 273 g/mol. The van der Waals surface area contributed by atoms with Crippen molar-refractivity contribution < 1.29 is 22.8 Å². The maximum absolute atomic E-state index is 12.2. The molecule has 0 heterocycles. The molecule has 2 bridgehead atoms. The molecule has 0 aromatic rings. The summed E-state index contributed by atoms with van der Waals surface area (Å²) in [6.45, 7) is 0. The molecule has 2 amide bonds. The first-order valence-electron chi connectivity index (χ1n) is 6.70. The number of amides is 2. The molecule has 4 saturated carbocycles. The molecule has 4 aliphatic carbocycles. The number of carbonyl (C=O) groups excluding carboxylic acids is 2. The highest BCUT2D eigenvalue weighted by molar-refractivity contribution is 6.00. The quantitative estimate of drug-likeness (QED) is 0.794. The van der Waals surface area contributed by atoms with Crippen LogP contribution in [0.3, 0.4) is 0 Å². The second kappa shape index (κ2) is 2.99. The lowest BCUT2D eigenvalue weighted by atomic mass is 9.38. The van der Waals surface area contributed by atoms with E-state index in [1.165, 1.54) is 0 Å². The fourth-order valence-corrected chi connectivity index (χ4v) is 5.65. The van der Waals surface area contributed by atoms with Gasteiger partial charge in [-0.05, 0) is 55.3 Å². The molecule has 19 heavy (non-hydrogen) atoms. The molecule has 104 valence electrons. The zero-order valence-electron chi connectivity index (χ0n) is 10.2. The number of halogens is 3. The first-order valence-corrected chi connectivity index (χ1v) is 6.70. The van der Waals surface area contributed by atoms with Crippen LogP contribution >= 0.6 is 0 Å². The predicted octanol–water partition coefficient (Wildman–Crippen LogP) is 2.02. The molecular formula is C13H14F3NO2. The molecule has 0 aromatic carbocycles. The van der Waals surface area contributed by atoms with E-state index in [4.69, 9.17) is 0 Å². The highest BCUT2D eigenvalue weighted by atomic mass is 19.4. The summed E-state index contributed by atoms with van der Waals surface area (Å²) in [5.74, 6) is -1.10. The Morgan fingerprint density at radius 3 is 2.05 bits per heavy atom. The summed E-state index contributed by atoms with van der Waals surface area (Å²) in [6.07, 6.45) is -0.676. The Morgan fingerprint density at radius 2 is 1.63 bits per heavy atom. The molecule has 4 aliphatic rings. The van der Waals surface area contributed by atoms with Crippen LogP contribution in [0.15, 0.2) is 0 Å². The molecule has 3 nitrogen and oxygen atoms in total. The van der Waals surface area contributed by atoms with E-state index in [0.29, 0.717) is 37.0 Å². The van der Waals surface area contributed by atoms with E-state index in [1.807, 2.05) is 0 Å². The highest BCUT2D eigenvalue weighted by Gasteiger charge is 2.79. The van der Waals surface area contributed by atoms with Gasteiger partial charge in [-0.2, -0.15) is 13.2 Å². The third-order valence-corrected chi connectivity index (χ3v) is 6.30. The van der Waals surface area contributed by atoms with Gasteiger partial charge in [0.25, 0.3) is 0 Å². The predicted molar refractivity (Wildman–Crippen MR) is 57.6 cm³/mol. The molecule has 4 rings (SSSR count). The Bertz CT molecular complexity index is 483. The van der Waals surface area contributed by atoms with E-state index in [1.54, 1.807) is 5.32 Å². The number of nitrogens with one attached hydrogen (secondary N) is 1. The molecule has 1 N–H and O–H groups in total. The van der Waals surface area contributed by atoms with Crippen LogP contribution < -0.4 is 5.32 Å². The number of imide groups is 1. The lowest BCUT2D eigenvalue weighted by Gasteiger charge is -2.66. The van der Waals surface area contributed by atoms with Gasteiger partial charge in [0.2, 0.25) is 5.91 Å². The van der Waals surface area contributed by atoms with Crippen molar-refractivity contribution in [2.75, 3.05) is 0 Å². The van der Waals surface area contributed by atoms with Crippen molar-refractivity contribution in [2.24, 2.45) is 28.6 Å². The van der Waals surface area contributed by atoms with Crippen molar-refractivity contribution in [3.8, 4) is 0 Å². The summed E-state index contributed by atoms with van der Waals surface area (Å²) in [5.41, 5.74) is -0.430. The minimum absolute atomic E-state index is 0.263. The number of rotatable bonds is 1. The van der Waals surface area contributed by atoms with Crippen LogP contribution in [0.4, 0.5) is 13.2 Å². The summed E-state index contributed by atoms with van der Waals surface area (Å²) in [5, 5.41) is 1.58. The van der Waals surface area contributed by atoms with Crippen molar-refractivity contribution >= 4 is 11.8 Å². The third-order valence-electron chi connectivity index (χ3n) is 6.30. The molecule has 0 saturated heterocycles. The van der Waals surface area contributed by atoms with Crippen molar-refractivity contribution in [3.63, 3.8) is 0 Å². The summed E-state index contributed by atoms with van der Waals surface area (Å²) in [4.78, 5) is 23.0. The molecule has 2 atom stereocenters. The number of alkyl halides is 3. The second-order valence-corrected chi connectivity index (χ2v) is 6.82. The lowest BCUT2D eigenvalue weighted by molar-refractivity contribution is -0.180. The standard InChI is InChI=1S/C13H14F3NO2/c14-13(15,16)10(19)17-9(18)11-3-7-1-6-2-8(4-11)12(6,7)5-11/h6-8H,1-5H2,(H,17,18,19). The third kappa shape index (κ3) is 1.16. The second-order valence-electron chi connectivity index (χ2n) is 6.82. The van der Waals surface area contributed by atoms with E-state index < -0.39 is 23.4 Å². The largest absolute Gasteiger partial charge is 0.471 e. The Morgan fingerprint density at radius 1 is 1.05 bits per heavy atom. The molecule has 0 aromatic heterocycles. The highest BCUT2D eigenvalue weighted by Crippen LogP contribution is 2.84. The molecule has 4 fully saturated rings. The van der Waals surface area contributed by atoms with Gasteiger partial charge < -0.3 is 0 Å². The van der Waals surface area contributed by atoms with Crippen LogP contribution in [0.2, 0.25) is 0 Å². The molecule has 2 unspecified atom stereocenters. The summed E-state index contributed by atoms with van der Waals surface area (Å²) in [7, 11) is 0. The molecular weight excluding hydrogens is 259 g/mol. The van der Waals surface area contributed by atoms with E-state index in [-0.39, 0.29) is 5.41 Å². The fraction of sp³-hybridized carbons (Fsp3) is 0.846. The number of hydrogen-bond acceptors (Lipinski definition) is 2. The van der Waals surface area contributed by atoms with Gasteiger partial charge in [0.1, 0.15) is 0 Å². The normalized spacial score (nSPS) is 49.1. The zero-order valence-corrected chi connectivity index (χ0v) is 10.2. The van der Waals surface area contributed by atoms with E-state index in [9.17, 15) is 22.8 Å². The summed E-state index contributed by atoms with van der Waals surface area (Å²) < 4.78 is 36.7. The smallest absolute Gasteiger partial charge is 0.288 e. The van der Waals surface area contributed by atoms with Gasteiger partial charge in [0, 0.05) is 0 Å². The van der Waals surface area contributed by atoms with Crippen LogP contribution in [-0.2, 0) is 9.59 Å². The fourth-order valence-electron chi connectivity index (χ4n) is 5.65. The van der Waals surface area contributed by atoms with Crippen LogP contribution in [-0.4, -0.2) is 18.0 Å². The van der Waals surface area contributed by atoms with Crippen molar-refractivity contribution in [1.82, 2.24) is 5.32 Å². The van der Waals surface area contributed by atoms with Gasteiger partial charge in [-0.1, -0.05) is 0 Å². The van der Waals surface area contributed by atoms with Crippen LogP contribution in [0.5, 0.6) is 0 Å². The topological polar surface area (TPSA) is 46.2 Å². The van der Waals surface area contributed by atoms with Crippen molar-refractivity contribution in [3.05, 3.63) is 0 Å². The van der Waals surface area contributed by atoms with Gasteiger partial charge in [0.15, 0.2) is 0 Å². The molecule has 6 heteroatoms. The van der Waals surface area contributed by atoms with Gasteiger partial charge in [-0.3, -0.25) is 14.9 Å². The van der Waals surface area contributed by atoms with E-state index in [0.717, 1.165) is 12.8 Å². The Labute approximate surface area is 107 Å². The maximum atomic E-state index is 12.2. The number of fused-ring (bicyclic) bond motifs is 1. The molecule has 0 radical (unpaired) electrons. The van der Waals surface area contributed by atoms with Gasteiger partial charge in [0.05, 0.1) is 5.41 Å². The monoisotopic (exact) mass is 273 g/mol. The van der Waals surface area contributed by atoms with Crippen LogP contribution in [0, 0.1) is 28.6 Å². The minimum Gasteiger partial charge on any atom is -0.288 e. The Hall–Kier alpha value is -1.07. The minimum atomic E-state index is -4.98. The Balaban J connectivity index is 1.54. The summed E-state index contributed by atoms with van der Waals surface area (Å²) in [6, 6.07) is 0. The summed E-state index contributed by atoms with van der Waals surface area (Å²) >= 11 is 0. The van der Waals surface area contributed by atoms with Crippen LogP contribution in [0.25, 0.3) is 0 Å². The SMILES string of the molecule is O=C(NC(=O)C12CC3CC4CC(C1)C43C2)C(F)(F)F. The first kappa shape index (κ1) is 11.7. The number of carbonyl (C=O) groups is 2. The lowest BCUT2D eigenvalue weighted by Crippen LogP contribution is -2.59. The molecule has 1 spiro atoms. The van der Waals surface area contributed by atoms with Gasteiger partial charge >= 0.3 is 12.1 Å². The number of hydrogen-bond donors (Lipinski definition) is 1. The van der Waals surface area contributed by atoms with Crippen LogP contribution in [0.1, 0.15) is 32.1 Å². The first-order chi connectivity index (χ1) is 8.78. The average Bonchev–Trinajstić information content (AvgIpc) is 2.74. The van der Waals surface area contributed by atoms with Gasteiger partial charge in [-0.15, -0.1) is 0 Å². The maximum Gasteiger partial charge on any atom is 0.471 e. The van der Waals surface area contributed by atoms with E-state index in [2.05, 4.69) is 0 Å².